The number of aryl methyl sites for hydroxylation is 2. The van der Waals surface area contributed by atoms with Gasteiger partial charge in [0.2, 0.25) is 5.91 Å². The zero-order valence-electron chi connectivity index (χ0n) is 14.3. The lowest BCUT2D eigenvalue weighted by Gasteiger charge is -2.14. The van der Waals surface area contributed by atoms with Gasteiger partial charge >= 0.3 is 0 Å². The number of amides is 2. The minimum Gasteiger partial charge on any atom is -0.472 e. The molecule has 0 saturated carbocycles. The summed E-state index contributed by atoms with van der Waals surface area (Å²) in [4.78, 5) is 23.5. The minimum absolute atomic E-state index is 0.0808. The molecule has 7 heteroatoms. The number of rotatable bonds is 8. The Kier molecular flexibility index (Phi) is 6.17. The molecule has 0 bridgehead atoms. The average molecular weight is 332 g/mol. The summed E-state index contributed by atoms with van der Waals surface area (Å²) in [5.41, 5.74) is 2.57. The number of hydrogen-bond acceptors (Lipinski definition) is 4. The van der Waals surface area contributed by atoms with Crippen LogP contribution in [0.3, 0.4) is 0 Å². The Morgan fingerprint density at radius 1 is 1.33 bits per heavy atom. The third-order valence-electron chi connectivity index (χ3n) is 3.66. The summed E-state index contributed by atoms with van der Waals surface area (Å²) in [6, 6.07) is 3.62. The maximum Gasteiger partial charge on any atom is 0.254 e. The molecule has 0 spiro atoms. The van der Waals surface area contributed by atoms with Gasteiger partial charge in [0.25, 0.3) is 5.91 Å². The van der Waals surface area contributed by atoms with Gasteiger partial charge in [-0.1, -0.05) is 6.92 Å². The van der Waals surface area contributed by atoms with Crippen LogP contribution < -0.4 is 10.6 Å². The van der Waals surface area contributed by atoms with Gasteiger partial charge in [0.15, 0.2) is 0 Å². The van der Waals surface area contributed by atoms with Crippen LogP contribution in [0.1, 0.15) is 35.1 Å². The Bertz CT molecular complexity index is 676. The molecular formula is C17H24N4O3. The van der Waals surface area contributed by atoms with E-state index < -0.39 is 0 Å². The molecule has 1 unspecified atom stereocenters. The molecule has 2 N–H and O–H groups in total. The van der Waals surface area contributed by atoms with Crippen molar-refractivity contribution < 1.29 is 14.0 Å². The first-order valence-corrected chi connectivity index (χ1v) is 8.04. The fraction of sp³-hybridized carbons (Fsp3) is 0.471. The van der Waals surface area contributed by atoms with Crippen molar-refractivity contribution in [3.63, 3.8) is 0 Å². The summed E-state index contributed by atoms with van der Waals surface area (Å²) < 4.78 is 6.80. The van der Waals surface area contributed by atoms with E-state index in [2.05, 4.69) is 22.7 Å². The van der Waals surface area contributed by atoms with E-state index in [4.69, 9.17) is 4.42 Å². The van der Waals surface area contributed by atoms with Crippen LogP contribution in [0, 0.1) is 19.8 Å². The molecule has 2 rings (SSSR count). The van der Waals surface area contributed by atoms with Gasteiger partial charge in [-0.15, -0.1) is 0 Å². The standard InChI is InChI=1S/C17H24N4O3/c1-12(10-21-14(3)8-13(2)20-21)9-19-16(22)4-6-18-17(23)15-5-7-24-11-15/h5,7-8,11-12H,4,6,9-10H2,1-3H3,(H,18,23)(H,19,22). The van der Waals surface area contributed by atoms with E-state index in [1.807, 2.05) is 24.6 Å². The number of carbonyl (C=O) groups excluding carboxylic acids is 2. The second kappa shape index (κ2) is 8.33. The molecular weight excluding hydrogens is 308 g/mol. The SMILES string of the molecule is Cc1cc(C)n(CC(C)CNC(=O)CCNC(=O)c2ccoc2)n1. The van der Waals surface area contributed by atoms with Crippen LogP contribution >= 0.6 is 0 Å². The predicted molar refractivity (Wildman–Crippen MR) is 89.5 cm³/mol. The van der Waals surface area contributed by atoms with Gasteiger partial charge in [-0.2, -0.15) is 5.10 Å². The van der Waals surface area contributed by atoms with E-state index in [0.29, 0.717) is 18.7 Å². The summed E-state index contributed by atoms with van der Waals surface area (Å²) >= 11 is 0. The lowest BCUT2D eigenvalue weighted by atomic mass is 10.2. The highest BCUT2D eigenvalue weighted by atomic mass is 16.3. The maximum absolute atomic E-state index is 11.8. The molecule has 0 aliphatic rings. The van der Waals surface area contributed by atoms with E-state index in [1.54, 1.807) is 6.07 Å². The Labute approximate surface area is 141 Å². The molecule has 130 valence electrons. The number of carbonyl (C=O) groups is 2. The van der Waals surface area contributed by atoms with Crippen molar-refractivity contribution in [2.75, 3.05) is 13.1 Å². The van der Waals surface area contributed by atoms with Crippen LogP contribution in [0.4, 0.5) is 0 Å². The highest BCUT2D eigenvalue weighted by Crippen LogP contribution is 2.06. The van der Waals surface area contributed by atoms with Crippen molar-refractivity contribution in [1.82, 2.24) is 20.4 Å². The van der Waals surface area contributed by atoms with Gasteiger partial charge in [0.1, 0.15) is 6.26 Å². The van der Waals surface area contributed by atoms with Crippen LogP contribution in [-0.2, 0) is 11.3 Å². The average Bonchev–Trinajstić information content (AvgIpc) is 3.15. The van der Waals surface area contributed by atoms with Gasteiger partial charge in [0.05, 0.1) is 17.5 Å². The quantitative estimate of drug-likeness (QED) is 0.769. The monoisotopic (exact) mass is 332 g/mol. The second-order valence-electron chi connectivity index (χ2n) is 6.04. The minimum atomic E-state index is -0.241. The molecule has 1 atom stereocenters. The first-order valence-electron chi connectivity index (χ1n) is 8.04. The topological polar surface area (TPSA) is 89.2 Å². The molecule has 0 fully saturated rings. The number of furan rings is 1. The number of aromatic nitrogens is 2. The van der Waals surface area contributed by atoms with Crippen LogP contribution in [0.15, 0.2) is 29.1 Å². The Morgan fingerprint density at radius 3 is 2.75 bits per heavy atom. The molecule has 0 aromatic carbocycles. The lowest BCUT2D eigenvalue weighted by molar-refractivity contribution is -0.121. The third-order valence-corrected chi connectivity index (χ3v) is 3.66. The molecule has 0 aliphatic carbocycles. The van der Waals surface area contributed by atoms with Gasteiger partial charge in [-0.3, -0.25) is 14.3 Å². The number of nitrogens with one attached hydrogen (secondary N) is 2. The first-order chi connectivity index (χ1) is 11.5. The van der Waals surface area contributed by atoms with Gasteiger partial charge in [-0.05, 0) is 31.9 Å². The molecule has 7 nitrogen and oxygen atoms in total. The fourth-order valence-corrected chi connectivity index (χ4v) is 2.38. The van der Waals surface area contributed by atoms with E-state index in [-0.39, 0.29) is 24.2 Å². The van der Waals surface area contributed by atoms with Crippen molar-refractivity contribution in [1.29, 1.82) is 0 Å². The van der Waals surface area contributed by atoms with Crippen molar-refractivity contribution in [2.24, 2.45) is 5.92 Å². The van der Waals surface area contributed by atoms with Gasteiger partial charge in [-0.25, -0.2) is 0 Å². The Balaban J connectivity index is 1.64. The Morgan fingerprint density at radius 2 is 2.12 bits per heavy atom. The van der Waals surface area contributed by atoms with Crippen molar-refractivity contribution in [2.45, 2.75) is 33.7 Å². The predicted octanol–water partition coefficient (Wildman–Crippen LogP) is 1.67. The maximum atomic E-state index is 11.8. The molecule has 2 heterocycles. The van der Waals surface area contributed by atoms with E-state index in [9.17, 15) is 9.59 Å². The van der Waals surface area contributed by atoms with Crippen LogP contribution in [-0.4, -0.2) is 34.7 Å². The molecule has 0 aliphatic heterocycles. The van der Waals surface area contributed by atoms with E-state index >= 15 is 0 Å². The largest absolute Gasteiger partial charge is 0.472 e. The second-order valence-corrected chi connectivity index (χ2v) is 6.04. The summed E-state index contributed by atoms with van der Waals surface area (Å²) in [6.07, 6.45) is 3.05. The summed E-state index contributed by atoms with van der Waals surface area (Å²) in [5, 5.41) is 9.99. The lowest BCUT2D eigenvalue weighted by Crippen LogP contribution is -2.33. The molecule has 24 heavy (non-hydrogen) atoms. The van der Waals surface area contributed by atoms with E-state index in [0.717, 1.165) is 17.9 Å². The zero-order valence-corrected chi connectivity index (χ0v) is 14.3. The molecule has 2 amide bonds. The normalized spacial score (nSPS) is 12.0. The van der Waals surface area contributed by atoms with Crippen molar-refractivity contribution >= 4 is 11.8 Å². The molecule has 2 aromatic heterocycles. The van der Waals surface area contributed by atoms with Crippen LogP contribution in [0.2, 0.25) is 0 Å². The number of nitrogens with zero attached hydrogens (tertiary/aromatic N) is 2. The number of hydrogen-bond donors (Lipinski definition) is 2. The zero-order chi connectivity index (χ0) is 17.5. The molecule has 0 saturated heterocycles. The highest BCUT2D eigenvalue weighted by molar-refractivity contribution is 5.93. The van der Waals surface area contributed by atoms with E-state index in [1.165, 1.54) is 12.5 Å². The summed E-state index contributed by atoms with van der Waals surface area (Å²) in [6.45, 7) is 7.69. The summed E-state index contributed by atoms with van der Waals surface area (Å²) in [5.74, 6) is -0.0513. The first kappa shape index (κ1) is 17.8. The van der Waals surface area contributed by atoms with Crippen molar-refractivity contribution in [3.8, 4) is 0 Å². The highest BCUT2D eigenvalue weighted by Gasteiger charge is 2.10. The molecule has 2 aromatic rings. The fourth-order valence-electron chi connectivity index (χ4n) is 2.38. The third kappa shape index (κ3) is 5.26. The molecule has 0 radical (unpaired) electrons. The van der Waals surface area contributed by atoms with Gasteiger partial charge in [0, 0.05) is 31.7 Å². The van der Waals surface area contributed by atoms with Gasteiger partial charge < -0.3 is 15.1 Å². The Hall–Kier alpha value is -2.57. The van der Waals surface area contributed by atoms with Crippen LogP contribution in [0.5, 0.6) is 0 Å². The van der Waals surface area contributed by atoms with Crippen LogP contribution in [0.25, 0.3) is 0 Å². The van der Waals surface area contributed by atoms with Crippen molar-refractivity contribution in [3.05, 3.63) is 41.6 Å². The summed E-state index contributed by atoms with van der Waals surface area (Å²) in [7, 11) is 0. The smallest absolute Gasteiger partial charge is 0.254 e.